The van der Waals surface area contributed by atoms with Crippen molar-refractivity contribution in [2.75, 3.05) is 18.4 Å². The predicted molar refractivity (Wildman–Crippen MR) is 107 cm³/mol. The Kier molecular flexibility index (Phi) is 4.68. The van der Waals surface area contributed by atoms with E-state index in [1.807, 2.05) is 25.3 Å². The van der Waals surface area contributed by atoms with E-state index in [0.29, 0.717) is 30.0 Å². The van der Waals surface area contributed by atoms with E-state index in [9.17, 15) is 13.2 Å². The first-order valence-electron chi connectivity index (χ1n) is 9.23. The SMILES string of the molecule is Cc1ccc(NC(=O)c2cn3cccc(C)c3n2)cc1S(=O)(=O)N1CCCC1. The van der Waals surface area contributed by atoms with Gasteiger partial charge in [0.1, 0.15) is 11.3 Å². The van der Waals surface area contributed by atoms with Crippen molar-refractivity contribution < 1.29 is 13.2 Å². The van der Waals surface area contributed by atoms with Gasteiger partial charge in [0.15, 0.2) is 0 Å². The summed E-state index contributed by atoms with van der Waals surface area (Å²) < 4.78 is 29.1. The molecule has 2 aromatic heterocycles. The molecule has 1 fully saturated rings. The molecule has 0 saturated carbocycles. The van der Waals surface area contributed by atoms with Gasteiger partial charge in [0.05, 0.1) is 4.90 Å². The van der Waals surface area contributed by atoms with Gasteiger partial charge in [-0.2, -0.15) is 4.31 Å². The number of anilines is 1. The molecule has 1 amide bonds. The molecule has 0 bridgehead atoms. The van der Waals surface area contributed by atoms with Gasteiger partial charge in [-0.1, -0.05) is 12.1 Å². The Bertz CT molecular complexity index is 1160. The standard InChI is InChI=1S/C20H22N4O3S/c1-14-7-8-16(12-18(14)28(26,27)24-10-3-4-11-24)21-20(25)17-13-23-9-5-6-15(2)19(23)22-17/h5-9,12-13H,3-4,10-11H2,1-2H3,(H,21,25). The van der Waals surface area contributed by atoms with Crippen molar-refractivity contribution in [1.82, 2.24) is 13.7 Å². The van der Waals surface area contributed by atoms with Crippen LogP contribution in [0.2, 0.25) is 0 Å². The predicted octanol–water partition coefficient (Wildman–Crippen LogP) is 2.99. The summed E-state index contributed by atoms with van der Waals surface area (Å²) in [4.78, 5) is 17.3. The average Bonchev–Trinajstić information content (AvgIpc) is 3.33. The molecule has 3 heterocycles. The van der Waals surface area contributed by atoms with Gasteiger partial charge in [-0.25, -0.2) is 13.4 Å². The van der Waals surface area contributed by atoms with Gasteiger partial charge in [-0.3, -0.25) is 4.79 Å². The zero-order valence-corrected chi connectivity index (χ0v) is 16.7. The zero-order chi connectivity index (χ0) is 19.9. The lowest BCUT2D eigenvalue weighted by Gasteiger charge is -2.18. The minimum atomic E-state index is -3.56. The van der Waals surface area contributed by atoms with Crippen LogP contribution in [0.25, 0.3) is 5.65 Å². The number of hydrogen-bond donors (Lipinski definition) is 1. The first-order valence-corrected chi connectivity index (χ1v) is 10.7. The third-order valence-electron chi connectivity index (χ3n) is 5.04. The lowest BCUT2D eigenvalue weighted by Crippen LogP contribution is -2.28. The third-order valence-corrected chi connectivity index (χ3v) is 7.08. The molecule has 0 spiro atoms. The highest BCUT2D eigenvalue weighted by Crippen LogP contribution is 2.26. The maximum Gasteiger partial charge on any atom is 0.275 e. The number of carbonyl (C=O) groups is 1. The lowest BCUT2D eigenvalue weighted by molar-refractivity contribution is 0.102. The summed E-state index contributed by atoms with van der Waals surface area (Å²) in [5, 5.41) is 2.77. The Hall–Kier alpha value is -2.71. The molecule has 1 saturated heterocycles. The fourth-order valence-corrected chi connectivity index (χ4v) is 5.25. The highest BCUT2D eigenvalue weighted by molar-refractivity contribution is 7.89. The summed E-state index contributed by atoms with van der Waals surface area (Å²) in [6, 6.07) is 8.77. The van der Waals surface area contributed by atoms with Crippen LogP contribution in [0.4, 0.5) is 5.69 Å². The van der Waals surface area contributed by atoms with Crippen LogP contribution in [-0.2, 0) is 10.0 Å². The first-order chi connectivity index (χ1) is 13.4. The number of hydrogen-bond acceptors (Lipinski definition) is 4. The van der Waals surface area contributed by atoms with Gasteiger partial charge in [0.2, 0.25) is 10.0 Å². The number of carbonyl (C=O) groups excluding carboxylic acids is 1. The van der Waals surface area contributed by atoms with E-state index in [0.717, 1.165) is 18.4 Å². The maximum atomic E-state index is 12.9. The summed E-state index contributed by atoms with van der Waals surface area (Å²) in [6.45, 7) is 4.77. The second-order valence-corrected chi connectivity index (χ2v) is 9.00. The van der Waals surface area contributed by atoms with Crippen molar-refractivity contribution in [2.24, 2.45) is 0 Å². The number of nitrogens with zero attached hydrogens (tertiary/aromatic N) is 3. The molecule has 0 atom stereocenters. The minimum absolute atomic E-state index is 0.234. The number of pyridine rings is 1. The van der Waals surface area contributed by atoms with Crippen molar-refractivity contribution in [3.63, 3.8) is 0 Å². The average molecular weight is 398 g/mol. The molecule has 4 rings (SSSR count). The van der Waals surface area contributed by atoms with E-state index in [-0.39, 0.29) is 16.5 Å². The van der Waals surface area contributed by atoms with Gasteiger partial charge in [-0.15, -0.1) is 0 Å². The highest BCUT2D eigenvalue weighted by atomic mass is 32.2. The monoisotopic (exact) mass is 398 g/mol. The fraction of sp³-hybridized carbons (Fsp3) is 0.300. The number of aromatic nitrogens is 2. The second kappa shape index (κ2) is 7.03. The largest absolute Gasteiger partial charge is 0.321 e. The van der Waals surface area contributed by atoms with E-state index < -0.39 is 10.0 Å². The molecular formula is C20H22N4O3S. The molecule has 1 N–H and O–H groups in total. The smallest absolute Gasteiger partial charge is 0.275 e. The molecule has 0 aliphatic carbocycles. The second-order valence-electron chi connectivity index (χ2n) is 7.09. The highest BCUT2D eigenvalue weighted by Gasteiger charge is 2.28. The van der Waals surface area contributed by atoms with Crippen LogP contribution < -0.4 is 5.32 Å². The quantitative estimate of drug-likeness (QED) is 0.732. The van der Waals surface area contributed by atoms with Crippen LogP contribution in [0, 0.1) is 13.8 Å². The van der Waals surface area contributed by atoms with Gasteiger partial charge < -0.3 is 9.72 Å². The molecule has 146 valence electrons. The van der Waals surface area contributed by atoms with Gasteiger partial charge >= 0.3 is 0 Å². The minimum Gasteiger partial charge on any atom is -0.321 e. The van der Waals surface area contributed by atoms with Crippen LogP contribution in [0.5, 0.6) is 0 Å². The molecule has 0 radical (unpaired) electrons. The van der Waals surface area contributed by atoms with Gasteiger partial charge in [-0.05, 0) is 56.0 Å². The summed E-state index contributed by atoms with van der Waals surface area (Å²) in [5.74, 6) is -0.378. The summed E-state index contributed by atoms with van der Waals surface area (Å²) in [6.07, 6.45) is 5.25. The summed E-state index contributed by atoms with van der Waals surface area (Å²) in [7, 11) is -3.56. The van der Waals surface area contributed by atoms with Crippen LogP contribution in [0.1, 0.15) is 34.5 Å². The number of aryl methyl sites for hydroxylation is 2. The molecule has 8 heteroatoms. The molecule has 0 unspecified atom stereocenters. The molecule has 3 aromatic rings. The molecule has 28 heavy (non-hydrogen) atoms. The number of nitrogens with one attached hydrogen (secondary N) is 1. The van der Waals surface area contributed by atoms with Crippen LogP contribution in [0.3, 0.4) is 0 Å². The zero-order valence-electron chi connectivity index (χ0n) is 15.8. The van der Waals surface area contributed by atoms with E-state index >= 15 is 0 Å². The molecular weight excluding hydrogens is 376 g/mol. The van der Waals surface area contributed by atoms with Crippen molar-refractivity contribution >= 4 is 27.3 Å². The van der Waals surface area contributed by atoms with Crippen molar-refractivity contribution in [3.05, 3.63) is 59.5 Å². The Labute approximate surface area is 164 Å². The van der Waals surface area contributed by atoms with Crippen LogP contribution in [-0.4, -0.2) is 41.1 Å². The number of sulfonamides is 1. The van der Waals surface area contributed by atoms with Crippen molar-refractivity contribution in [3.8, 4) is 0 Å². The van der Waals surface area contributed by atoms with Gasteiger partial charge in [0, 0.05) is 31.2 Å². The number of imidazole rings is 1. The summed E-state index contributed by atoms with van der Waals surface area (Å²) in [5.41, 5.74) is 3.05. The van der Waals surface area contributed by atoms with Crippen LogP contribution >= 0.6 is 0 Å². The Morgan fingerprint density at radius 1 is 1.11 bits per heavy atom. The van der Waals surface area contributed by atoms with E-state index in [1.165, 1.54) is 10.4 Å². The lowest BCUT2D eigenvalue weighted by atomic mass is 10.2. The third kappa shape index (κ3) is 3.29. The first kappa shape index (κ1) is 18.6. The molecule has 1 aliphatic rings. The Morgan fingerprint density at radius 2 is 1.86 bits per heavy atom. The number of rotatable bonds is 4. The molecule has 1 aliphatic heterocycles. The van der Waals surface area contributed by atoms with E-state index in [2.05, 4.69) is 10.3 Å². The number of fused-ring (bicyclic) bond motifs is 1. The van der Waals surface area contributed by atoms with E-state index in [1.54, 1.807) is 29.7 Å². The maximum absolute atomic E-state index is 12.9. The Balaban J connectivity index is 1.62. The normalized spacial score (nSPS) is 15.2. The van der Waals surface area contributed by atoms with E-state index in [4.69, 9.17) is 0 Å². The van der Waals surface area contributed by atoms with Crippen molar-refractivity contribution in [1.29, 1.82) is 0 Å². The fourth-order valence-electron chi connectivity index (χ4n) is 3.48. The van der Waals surface area contributed by atoms with Gasteiger partial charge in [0.25, 0.3) is 5.91 Å². The number of benzene rings is 1. The Morgan fingerprint density at radius 3 is 2.57 bits per heavy atom. The topological polar surface area (TPSA) is 83.8 Å². The van der Waals surface area contributed by atoms with Crippen molar-refractivity contribution in [2.45, 2.75) is 31.6 Å². The van der Waals surface area contributed by atoms with Crippen LogP contribution in [0.15, 0.2) is 47.6 Å². The summed E-state index contributed by atoms with van der Waals surface area (Å²) >= 11 is 0. The molecule has 1 aromatic carbocycles. The molecule has 7 nitrogen and oxygen atoms in total. The number of amides is 1.